The maximum absolute atomic E-state index is 12.5. The Kier molecular flexibility index (Phi) is 4.10. The number of thiazole rings is 1. The fourth-order valence-electron chi connectivity index (χ4n) is 2.82. The Morgan fingerprint density at radius 2 is 1.96 bits per heavy atom. The molecule has 0 saturated heterocycles. The molecule has 0 unspecified atom stereocenters. The third-order valence-corrected chi connectivity index (χ3v) is 4.85. The molecule has 0 radical (unpaired) electrons. The standard InChI is InChI=1S/C20H15N3O2S/c1-12-22-18(11-26-12)13-5-4-6-14(9-13)23-20(25)19(24)16-10-21-17-8-3-2-7-15(16)17/h2-11,21H,1H3,(H,23,25). The molecule has 0 aliphatic rings. The second-order valence-corrected chi connectivity index (χ2v) is 6.93. The van der Waals surface area contributed by atoms with Crippen LogP contribution in [0.15, 0.2) is 60.1 Å². The maximum Gasteiger partial charge on any atom is 0.296 e. The van der Waals surface area contributed by atoms with Crippen LogP contribution >= 0.6 is 11.3 Å². The van der Waals surface area contributed by atoms with E-state index >= 15 is 0 Å². The van der Waals surface area contributed by atoms with Gasteiger partial charge in [-0.3, -0.25) is 9.59 Å². The minimum absolute atomic E-state index is 0.365. The Bertz CT molecular complexity index is 1130. The van der Waals surface area contributed by atoms with Crippen molar-refractivity contribution in [2.24, 2.45) is 0 Å². The normalized spacial score (nSPS) is 10.8. The van der Waals surface area contributed by atoms with Gasteiger partial charge in [-0.25, -0.2) is 4.98 Å². The van der Waals surface area contributed by atoms with Gasteiger partial charge in [-0.15, -0.1) is 11.3 Å². The maximum atomic E-state index is 12.5. The average Bonchev–Trinajstić information content (AvgIpc) is 3.27. The SMILES string of the molecule is Cc1nc(-c2cccc(NC(=O)C(=O)c3c[nH]c4ccccc34)c2)cs1. The van der Waals surface area contributed by atoms with E-state index in [-0.39, 0.29) is 0 Å². The molecule has 2 heterocycles. The van der Waals surface area contributed by atoms with Crippen LogP contribution in [0, 0.1) is 6.92 Å². The first-order valence-electron chi connectivity index (χ1n) is 8.06. The molecule has 128 valence electrons. The number of rotatable bonds is 4. The lowest BCUT2D eigenvalue weighted by Gasteiger charge is -2.06. The Labute approximate surface area is 153 Å². The average molecular weight is 361 g/mol. The number of carbonyl (C=O) groups excluding carboxylic acids is 2. The van der Waals surface area contributed by atoms with Crippen molar-refractivity contribution in [1.29, 1.82) is 0 Å². The summed E-state index contributed by atoms with van der Waals surface area (Å²) < 4.78 is 0. The van der Waals surface area contributed by atoms with E-state index in [1.165, 1.54) is 0 Å². The van der Waals surface area contributed by atoms with Gasteiger partial charge in [-0.05, 0) is 25.1 Å². The van der Waals surface area contributed by atoms with Gasteiger partial charge in [0.15, 0.2) is 0 Å². The zero-order chi connectivity index (χ0) is 18.1. The van der Waals surface area contributed by atoms with Crippen LogP contribution in [0.4, 0.5) is 5.69 Å². The lowest BCUT2D eigenvalue weighted by molar-refractivity contribution is -0.112. The molecular weight excluding hydrogens is 346 g/mol. The van der Waals surface area contributed by atoms with E-state index < -0.39 is 11.7 Å². The number of para-hydroxylation sites is 1. The molecule has 0 aliphatic heterocycles. The zero-order valence-corrected chi connectivity index (χ0v) is 14.8. The highest BCUT2D eigenvalue weighted by Gasteiger charge is 2.20. The second-order valence-electron chi connectivity index (χ2n) is 5.86. The Hall–Kier alpha value is -3.25. The first kappa shape index (κ1) is 16.2. The molecule has 0 spiro atoms. The van der Waals surface area contributed by atoms with Crippen molar-refractivity contribution < 1.29 is 9.59 Å². The second kappa shape index (κ2) is 6.57. The molecule has 0 bridgehead atoms. The number of aromatic nitrogens is 2. The van der Waals surface area contributed by atoms with Gasteiger partial charge in [0.1, 0.15) is 0 Å². The van der Waals surface area contributed by atoms with Crippen molar-refractivity contribution in [3.8, 4) is 11.3 Å². The number of ketones is 1. The summed E-state index contributed by atoms with van der Waals surface area (Å²) in [4.78, 5) is 32.4. The summed E-state index contributed by atoms with van der Waals surface area (Å²) in [5.74, 6) is -1.24. The lowest BCUT2D eigenvalue weighted by Crippen LogP contribution is -2.22. The molecule has 2 aromatic carbocycles. The number of nitrogens with one attached hydrogen (secondary N) is 2. The van der Waals surface area contributed by atoms with Gasteiger partial charge in [-0.1, -0.05) is 30.3 Å². The van der Waals surface area contributed by atoms with E-state index in [2.05, 4.69) is 15.3 Å². The number of aryl methyl sites for hydroxylation is 1. The van der Waals surface area contributed by atoms with Crippen LogP contribution < -0.4 is 5.32 Å². The van der Waals surface area contributed by atoms with Crippen molar-refractivity contribution in [1.82, 2.24) is 9.97 Å². The lowest BCUT2D eigenvalue weighted by atomic mass is 10.1. The largest absolute Gasteiger partial charge is 0.360 e. The highest BCUT2D eigenvalue weighted by atomic mass is 32.1. The molecule has 26 heavy (non-hydrogen) atoms. The number of nitrogens with zero attached hydrogens (tertiary/aromatic N) is 1. The number of hydrogen-bond acceptors (Lipinski definition) is 4. The fraction of sp³-hybridized carbons (Fsp3) is 0.0500. The number of amides is 1. The highest BCUT2D eigenvalue weighted by Crippen LogP contribution is 2.24. The van der Waals surface area contributed by atoms with E-state index in [9.17, 15) is 9.59 Å². The van der Waals surface area contributed by atoms with Gasteiger partial charge in [0, 0.05) is 33.7 Å². The minimum atomic E-state index is -0.665. The fourth-order valence-corrected chi connectivity index (χ4v) is 3.44. The summed E-state index contributed by atoms with van der Waals surface area (Å²) in [6.07, 6.45) is 1.57. The molecule has 5 nitrogen and oxygen atoms in total. The molecule has 1 amide bonds. The van der Waals surface area contributed by atoms with Crippen LogP contribution in [-0.2, 0) is 4.79 Å². The predicted molar refractivity (Wildman–Crippen MR) is 104 cm³/mol. The third-order valence-electron chi connectivity index (χ3n) is 4.08. The van der Waals surface area contributed by atoms with Crippen LogP contribution in [0.25, 0.3) is 22.2 Å². The number of benzene rings is 2. The van der Waals surface area contributed by atoms with E-state index in [1.54, 1.807) is 23.6 Å². The summed E-state index contributed by atoms with van der Waals surface area (Å²) in [7, 11) is 0. The topological polar surface area (TPSA) is 74.8 Å². The van der Waals surface area contributed by atoms with E-state index in [0.29, 0.717) is 11.3 Å². The number of carbonyl (C=O) groups is 2. The molecule has 4 aromatic rings. The molecule has 0 saturated carbocycles. The van der Waals surface area contributed by atoms with Gasteiger partial charge < -0.3 is 10.3 Å². The van der Waals surface area contributed by atoms with E-state index in [0.717, 1.165) is 27.2 Å². The van der Waals surface area contributed by atoms with Crippen LogP contribution in [0.3, 0.4) is 0 Å². The Balaban J connectivity index is 1.57. The molecule has 0 atom stereocenters. The number of aromatic amines is 1. The number of Topliss-reactive ketones (excluding diaryl/α,β-unsaturated/α-hetero) is 1. The molecular formula is C20H15N3O2S. The van der Waals surface area contributed by atoms with E-state index in [1.807, 2.05) is 54.8 Å². The van der Waals surface area contributed by atoms with Crippen LogP contribution in [-0.4, -0.2) is 21.7 Å². The highest BCUT2D eigenvalue weighted by molar-refractivity contribution is 7.09. The van der Waals surface area contributed by atoms with Crippen molar-refractivity contribution in [2.75, 3.05) is 5.32 Å². The van der Waals surface area contributed by atoms with Gasteiger partial charge in [0.25, 0.3) is 11.7 Å². The van der Waals surface area contributed by atoms with E-state index in [4.69, 9.17) is 0 Å². The van der Waals surface area contributed by atoms with Crippen molar-refractivity contribution in [3.05, 3.63) is 70.7 Å². The first-order chi connectivity index (χ1) is 12.6. The minimum Gasteiger partial charge on any atom is -0.360 e. The zero-order valence-electron chi connectivity index (χ0n) is 13.9. The summed E-state index contributed by atoms with van der Waals surface area (Å²) in [6, 6.07) is 14.7. The Morgan fingerprint density at radius 3 is 2.77 bits per heavy atom. The molecule has 2 aromatic heterocycles. The quantitative estimate of drug-likeness (QED) is 0.417. The smallest absolute Gasteiger partial charge is 0.296 e. The summed E-state index contributed by atoms with van der Waals surface area (Å²) >= 11 is 1.57. The number of anilines is 1. The van der Waals surface area contributed by atoms with Crippen LogP contribution in [0.1, 0.15) is 15.4 Å². The van der Waals surface area contributed by atoms with Gasteiger partial charge in [-0.2, -0.15) is 0 Å². The monoisotopic (exact) mass is 361 g/mol. The summed E-state index contributed by atoms with van der Waals surface area (Å²) in [5, 5.41) is 6.36. The number of hydrogen-bond donors (Lipinski definition) is 2. The van der Waals surface area contributed by atoms with Crippen molar-refractivity contribution in [3.63, 3.8) is 0 Å². The molecule has 0 fully saturated rings. The van der Waals surface area contributed by atoms with Gasteiger partial charge in [0.2, 0.25) is 0 Å². The van der Waals surface area contributed by atoms with Gasteiger partial charge in [0.05, 0.1) is 16.3 Å². The predicted octanol–water partition coefficient (Wildman–Crippen LogP) is 4.42. The molecule has 6 heteroatoms. The summed E-state index contributed by atoms with van der Waals surface area (Å²) in [6.45, 7) is 1.94. The summed E-state index contributed by atoms with van der Waals surface area (Å²) in [5.41, 5.74) is 3.50. The molecule has 0 aliphatic carbocycles. The van der Waals surface area contributed by atoms with Gasteiger partial charge >= 0.3 is 0 Å². The van der Waals surface area contributed by atoms with Crippen molar-refractivity contribution in [2.45, 2.75) is 6.92 Å². The number of fused-ring (bicyclic) bond motifs is 1. The van der Waals surface area contributed by atoms with Crippen molar-refractivity contribution >= 4 is 39.6 Å². The van der Waals surface area contributed by atoms with Crippen LogP contribution in [0.5, 0.6) is 0 Å². The van der Waals surface area contributed by atoms with Crippen LogP contribution in [0.2, 0.25) is 0 Å². The first-order valence-corrected chi connectivity index (χ1v) is 8.94. The Morgan fingerprint density at radius 1 is 1.12 bits per heavy atom. The molecule has 4 rings (SSSR count). The molecule has 2 N–H and O–H groups in total. The third kappa shape index (κ3) is 3.02. The number of H-pyrrole nitrogens is 1.